The van der Waals surface area contributed by atoms with Gasteiger partial charge in [-0.15, -0.1) is 0 Å². The Balaban J connectivity index is 2.02. The van der Waals surface area contributed by atoms with Crippen LogP contribution in [0.15, 0.2) is 66.7 Å². The first-order valence-electron chi connectivity index (χ1n) is 8.64. The van der Waals surface area contributed by atoms with Gasteiger partial charge in [0.05, 0.1) is 0 Å². The Labute approximate surface area is 142 Å². The van der Waals surface area contributed by atoms with Gasteiger partial charge in [0.25, 0.3) is 0 Å². The second-order valence-electron chi connectivity index (χ2n) is 7.50. The van der Waals surface area contributed by atoms with Crippen LogP contribution in [-0.4, -0.2) is 0 Å². The zero-order valence-corrected chi connectivity index (χ0v) is 14.4. The highest BCUT2D eigenvalue weighted by Gasteiger charge is 2.38. The first kappa shape index (κ1) is 13.8. The van der Waals surface area contributed by atoms with Crippen LogP contribution in [0, 0.1) is 6.92 Å². The Bertz CT molecular complexity index is 1130. The molecular weight excluding hydrogens is 288 g/mol. The van der Waals surface area contributed by atoms with Crippen LogP contribution >= 0.6 is 0 Å². The summed E-state index contributed by atoms with van der Waals surface area (Å²) in [6, 6.07) is 24.6. The Kier molecular flexibility index (Phi) is 2.58. The highest BCUT2D eigenvalue weighted by molar-refractivity contribution is 6.07. The Morgan fingerprint density at radius 3 is 2.17 bits per heavy atom. The second kappa shape index (κ2) is 4.48. The molecule has 0 atom stereocenters. The van der Waals surface area contributed by atoms with Crippen molar-refractivity contribution < 1.29 is 0 Å². The summed E-state index contributed by atoms with van der Waals surface area (Å²) >= 11 is 0. The molecule has 4 aromatic rings. The molecular formula is C24H20. The van der Waals surface area contributed by atoms with Crippen molar-refractivity contribution in [2.45, 2.75) is 26.2 Å². The van der Waals surface area contributed by atoms with Gasteiger partial charge in [-0.3, -0.25) is 0 Å². The molecule has 0 heterocycles. The van der Waals surface area contributed by atoms with Gasteiger partial charge in [-0.25, -0.2) is 0 Å². The summed E-state index contributed by atoms with van der Waals surface area (Å²) in [5.74, 6) is 0. The Hall–Kier alpha value is -2.60. The highest BCUT2D eigenvalue weighted by atomic mass is 14.4. The van der Waals surface area contributed by atoms with Gasteiger partial charge in [0, 0.05) is 5.41 Å². The van der Waals surface area contributed by atoms with Gasteiger partial charge in [-0.2, -0.15) is 0 Å². The minimum absolute atomic E-state index is 0.0281. The van der Waals surface area contributed by atoms with Crippen LogP contribution in [0.3, 0.4) is 0 Å². The zero-order valence-electron chi connectivity index (χ0n) is 14.4. The first-order valence-corrected chi connectivity index (χ1v) is 8.64. The summed E-state index contributed by atoms with van der Waals surface area (Å²) in [5, 5.41) is 5.47. The van der Waals surface area contributed by atoms with E-state index in [1.54, 1.807) is 0 Å². The number of aryl methyl sites for hydroxylation is 1. The third kappa shape index (κ3) is 1.58. The fraction of sp³-hybridized carbons (Fsp3) is 0.167. The van der Waals surface area contributed by atoms with E-state index >= 15 is 0 Å². The van der Waals surface area contributed by atoms with E-state index < -0.39 is 0 Å². The van der Waals surface area contributed by atoms with E-state index in [4.69, 9.17) is 0 Å². The van der Waals surface area contributed by atoms with E-state index in [2.05, 4.69) is 87.5 Å². The summed E-state index contributed by atoms with van der Waals surface area (Å²) < 4.78 is 0. The lowest BCUT2D eigenvalue weighted by molar-refractivity contribution is 0.666. The summed E-state index contributed by atoms with van der Waals surface area (Å²) in [5.41, 5.74) is 7.18. The molecule has 4 aromatic carbocycles. The number of fused-ring (bicyclic) bond motifs is 7. The van der Waals surface area contributed by atoms with Crippen molar-refractivity contribution >= 4 is 21.5 Å². The van der Waals surface area contributed by atoms with Crippen molar-refractivity contribution in [3.8, 4) is 11.1 Å². The smallest absolute Gasteiger partial charge is 0.0165 e. The van der Waals surface area contributed by atoms with Crippen LogP contribution in [0.1, 0.15) is 30.5 Å². The lowest BCUT2D eigenvalue weighted by atomic mass is 9.79. The van der Waals surface area contributed by atoms with Crippen LogP contribution in [0.2, 0.25) is 0 Å². The largest absolute Gasteiger partial charge is 0.0616 e. The third-order valence-corrected chi connectivity index (χ3v) is 5.75. The average molecular weight is 308 g/mol. The van der Waals surface area contributed by atoms with Crippen molar-refractivity contribution in [2.24, 2.45) is 0 Å². The molecule has 0 N–H and O–H groups in total. The molecule has 0 spiro atoms. The summed E-state index contributed by atoms with van der Waals surface area (Å²) in [6.07, 6.45) is 0. The molecule has 0 aromatic heterocycles. The van der Waals surface area contributed by atoms with E-state index in [0.29, 0.717) is 0 Å². The molecule has 0 amide bonds. The summed E-state index contributed by atoms with van der Waals surface area (Å²) in [6.45, 7) is 6.98. The topological polar surface area (TPSA) is 0 Å². The predicted molar refractivity (Wildman–Crippen MR) is 104 cm³/mol. The number of hydrogen-bond acceptors (Lipinski definition) is 0. The van der Waals surface area contributed by atoms with Crippen LogP contribution in [0.5, 0.6) is 0 Å². The molecule has 0 bridgehead atoms. The lowest BCUT2D eigenvalue weighted by Crippen LogP contribution is -2.15. The molecule has 1 aliphatic carbocycles. The molecule has 0 saturated heterocycles. The number of hydrogen-bond donors (Lipinski definition) is 0. The van der Waals surface area contributed by atoms with Gasteiger partial charge in [0.1, 0.15) is 0 Å². The third-order valence-electron chi connectivity index (χ3n) is 5.75. The minimum Gasteiger partial charge on any atom is -0.0616 e. The van der Waals surface area contributed by atoms with Crippen LogP contribution in [0.25, 0.3) is 32.7 Å². The molecule has 24 heavy (non-hydrogen) atoms. The van der Waals surface area contributed by atoms with E-state index in [1.807, 2.05) is 0 Å². The predicted octanol–water partition coefficient (Wildman–Crippen LogP) is 6.61. The maximum atomic E-state index is 2.41. The summed E-state index contributed by atoms with van der Waals surface area (Å²) in [4.78, 5) is 0. The van der Waals surface area contributed by atoms with Gasteiger partial charge >= 0.3 is 0 Å². The summed E-state index contributed by atoms with van der Waals surface area (Å²) in [7, 11) is 0. The van der Waals surface area contributed by atoms with Crippen LogP contribution in [0.4, 0.5) is 0 Å². The van der Waals surface area contributed by atoms with Crippen molar-refractivity contribution in [1.82, 2.24) is 0 Å². The maximum absolute atomic E-state index is 2.41. The Morgan fingerprint density at radius 1 is 0.708 bits per heavy atom. The van der Waals surface area contributed by atoms with E-state index in [-0.39, 0.29) is 5.41 Å². The molecule has 0 radical (unpaired) electrons. The van der Waals surface area contributed by atoms with Gasteiger partial charge < -0.3 is 0 Å². The van der Waals surface area contributed by atoms with E-state index in [9.17, 15) is 0 Å². The zero-order chi connectivity index (χ0) is 16.5. The van der Waals surface area contributed by atoms with Crippen molar-refractivity contribution in [2.75, 3.05) is 0 Å². The van der Waals surface area contributed by atoms with E-state index in [1.165, 1.54) is 49.4 Å². The normalized spacial score (nSPS) is 14.8. The molecule has 0 unspecified atom stereocenters. The quantitative estimate of drug-likeness (QED) is 0.343. The molecule has 0 fully saturated rings. The molecule has 116 valence electrons. The van der Waals surface area contributed by atoms with Crippen molar-refractivity contribution in [1.29, 1.82) is 0 Å². The number of rotatable bonds is 0. The molecule has 0 heteroatoms. The standard InChI is InChI=1S/C24H20/c1-15-14-21-22(19-11-7-6-9-17(15)19)20-13-12-16-8-4-5-10-18(16)23(20)24(21,2)3/h4-14H,1-3H3. The minimum atomic E-state index is 0.0281. The van der Waals surface area contributed by atoms with Gasteiger partial charge in [-0.1, -0.05) is 80.6 Å². The van der Waals surface area contributed by atoms with Gasteiger partial charge in [0.15, 0.2) is 0 Å². The molecule has 0 nitrogen and oxygen atoms in total. The average Bonchev–Trinajstić information content (AvgIpc) is 2.83. The van der Waals surface area contributed by atoms with Crippen molar-refractivity contribution in [3.05, 3.63) is 83.4 Å². The molecule has 0 saturated carbocycles. The number of benzene rings is 4. The Morgan fingerprint density at radius 2 is 1.38 bits per heavy atom. The van der Waals surface area contributed by atoms with Crippen molar-refractivity contribution in [3.63, 3.8) is 0 Å². The second-order valence-corrected chi connectivity index (χ2v) is 7.50. The lowest BCUT2D eigenvalue weighted by Gasteiger charge is -2.23. The molecule has 5 rings (SSSR count). The van der Waals surface area contributed by atoms with Crippen LogP contribution in [-0.2, 0) is 5.41 Å². The molecule has 1 aliphatic rings. The monoisotopic (exact) mass is 308 g/mol. The maximum Gasteiger partial charge on any atom is 0.0165 e. The fourth-order valence-corrected chi connectivity index (χ4v) is 4.63. The first-order chi connectivity index (χ1) is 11.6. The molecule has 0 aliphatic heterocycles. The van der Waals surface area contributed by atoms with Gasteiger partial charge in [-0.05, 0) is 56.3 Å². The SMILES string of the molecule is Cc1cc2c(c3ccccc13)-c1ccc3ccccc3c1C2(C)C. The van der Waals surface area contributed by atoms with E-state index in [0.717, 1.165) is 0 Å². The van der Waals surface area contributed by atoms with Gasteiger partial charge in [0.2, 0.25) is 0 Å². The highest BCUT2D eigenvalue weighted by Crippen LogP contribution is 2.53. The van der Waals surface area contributed by atoms with Crippen LogP contribution < -0.4 is 0 Å². The fourth-order valence-electron chi connectivity index (χ4n) is 4.63.